The Labute approximate surface area is 137 Å². The molecule has 1 aliphatic heterocycles. The van der Waals surface area contributed by atoms with Gasteiger partial charge in [0.2, 0.25) is 0 Å². The van der Waals surface area contributed by atoms with Gasteiger partial charge >= 0.3 is 0 Å². The van der Waals surface area contributed by atoms with Gasteiger partial charge in [0.15, 0.2) is 0 Å². The second kappa shape index (κ2) is 5.30. The maximum Gasteiger partial charge on any atom is 0.252 e. The van der Waals surface area contributed by atoms with E-state index >= 15 is 0 Å². The lowest BCUT2D eigenvalue weighted by Gasteiger charge is -2.17. The van der Waals surface area contributed by atoms with Gasteiger partial charge in [-0.1, -0.05) is 11.6 Å². The first-order chi connectivity index (χ1) is 10.6. The molecule has 6 nitrogen and oxygen atoms in total. The van der Waals surface area contributed by atoms with E-state index in [1.807, 2.05) is 0 Å². The Balaban J connectivity index is 1.56. The molecule has 118 valence electrons. The lowest BCUT2D eigenvalue weighted by Crippen LogP contribution is -2.28. The Hall–Kier alpha value is -0.960. The minimum absolute atomic E-state index is 0.121. The van der Waals surface area contributed by atoms with Crippen LogP contribution in [0.2, 0.25) is 4.34 Å². The van der Waals surface area contributed by atoms with Gasteiger partial charge in [-0.25, -0.2) is 8.42 Å². The highest BCUT2D eigenvalue weighted by Gasteiger charge is 2.37. The van der Waals surface area contributed by atoms with Crippen molar-refractivity contribution >= 4 is 33.0 Å². The molecule has 1 saturated heterocycles. The van der Waals surface area contributed by atoms with Crippen molar-refractivity contribution in [1.29, 1.82) is 0 Å². The quantitative estimate of drug-likeness (QED) is 0.842. The fourth-order valence-electron chi connectivity index (χ4n) is 2.89. The summed E-state index contributed by atoms with van der Waals surface area (Å²) in [6.45, 7) is 0.987. The maximum absolute atomic E-state index is 12.6. The molecule has 1 atom stereocenters. The SMILES string of the molecule is O=S(=O)(c1ccc(Cl)s1)N1CCC(n2cnnc2C2CC2)C1. The molecule has 1 aliphatic carbocycles. The fraction of sp³-hybridized carbons (Fsp3) is 0.538. The van der Waals surface area contributed by atoms with Crippen LogP contribution in [0, 0.1) is 0 Å². The zero-order chi connectivity index (χ0) is 15.3. The van der Waals surface area contributed by atoms with Gasteiger partial charge in [0.1, 0.15) is 16.4 Å². The summed E-state index contributed by atoms with van der Waals surface area (Å²) in [5, 5.41) is 8.21. The first kappa shape index (κ1) is 14.6. The van der Waals surface area contributed by atoms with E-state index in [1.54, 1.807) is 18.5 Å². The number of halogens is 1. The largest absolute Gasteiger partial charge is 0.313 e. The van der Waals surface area contributed by atoms with Gasteiger partial charge in [-0.15, -0.1) is 21.5 Å². The molecule has 2 aliphatic rings. The minimum Gasteiger partial charge on any atom is -0.313 e. The highest BCUT2D eigenvalue weighted by molar-refractivity contribution is 7.91. The van der Waals surface area contributed by atoms with Crippen molar-refractivity contribution in [3.05, 3.63) is 28.6 Å². The highest BCUT2D eigenvalue weighted by Crippen LogP contribution is 2.41. The molecule has 22 heavy (non-hydrogen) atoms. The molecule has 0 N–H and O–H groups in total. The van der Waals surface area contributed by atoms with Crippen molar-refractivity contribution in [2.24, 2.45) is 0 Å². The predicted molar refractivity (Wildman–Crippen MR) is 83.7 cm³/mol. The van der Waals surface area contributed by atoms with Crippen LogP contribution in [0.5, 0.6) is 0 Å². The van der Waals surface area contributed by atoms with Gasteiger partial charge in [0.25, 0.3) is 10.0 Å². The lowest BCUT2D eigenvalue weighted by atomic mass is 10.2. The molecule has 0 spiro atoms. The smallest absolute Gasteiger partial charge is 0.252 e. The molecule has 1 unspecified atom stereocenters. The Morgan fingerprint density at radius 1 is 1.27 bits per heavy atom. The Bertz CT molecular complexity index is 797. The second-order valence-corrected chi connectivity index (χ2v) is 9.61. The van der Waals surface area contributed by atoms with Crippen molar-refractivity contribution in [3.8, 4) is 0 Å². The number of thiophene rings is 1. The molecule has 2 aromatic rings. The van der Waals surface area contributed by atoms with Crippen LogP contribution in [-0.4, -0.2) is 40.6 Å². The molecule has 2 fully saturated rings. The Morgan fingerprint density at radius 2 is 2.09 bits per heavy atom. The van der Waals surface area contributed by atoms with Crippen LogP contribution in [-0.2, 0) is 10.0 Å². The monoisotopic (exact) mass is 358 g/mol. The summed E-state index contributed by atoms with van der Waals surface area (Å²) in [4.78, 5) is 0. The average Bonchev–Trinajstić information content (AvgIpc) is 2.95. The van der Waals surface area contributed by atoms with Crippen LogP contribution in [0.1, 0.15) is 37.0 Å². The second-order valence-electron chi connectivity index (χ2n) is 5.73. The van der Waals surface area contributed by atoms with Crippen molar-refractivity contribution < 1.29 is 8.42 Å². The van der Waals surface area contributed by atoms with Gasteiger partial charge < -0.3 is 4.57 Å². The van der Waals surface area contributed by atoms with E-state index in [9.17, 15) is 8.42 Å². The number of aromatic nitrogens is 3. The fourth-order valence-corrected chi connectivity index (χ4v) is 6.02. The van der Waals surface area contributed by atoms with Crippen LogP contribution in [0.3, 0.4) is 0 Å². The normalized spacial score (nSPS) is 23.2. The third kappa shape index (κ3) is 2.47. The lowest BCUT2D eigenvalue weighted by molar-refractivity contribution is 0.447. The number of hydrogen-bond donors (Lipinski definition) is 0. The number of sulfonamides is 1. The summed E-state index contributed by atoms with van der Waals surface area (Å²) in [6.07, 6.45) is 4.83. The highest BCUT2D eigenvalue weighted by atomic mass is 35.5. The van der Waals surface area contributed by atoms with E-state index in [0.717, 1.165) is 36.4 Å². The third-order valence-corrected chi connectivity index (χ3v) is 7.77. The molecule has 2 aromatic heterocycles. The standard InChI is InChI=1S/C13H15ClN4O2S2/c14-11-3-4-12(21-11)22(19,20)17-6-5-10(7-17)18-8-15-16-13(18)9-1-2-9/h3-4,8-10H,1-2,5-7H2. The molecule has 0 amide bonds. The van der Waals surface area contributed by atoms with Crippen LogP contribution >= 0.6 is 22.9 Å². The van der Waals surface area contributed by atoms with Crippen LogP contribution in [0.25, 0.3) is 0 Å². The summed E-state index contributed by atoms with van der Waals surface area (Å²) < 4.78 is 29.7. The summed E-state index contributed by atoms with van der Waals surface area (Å²) in [7, 11) is -3.45. The van der Waals surface area contributed by atoms with Crippen molar-refractivity contribution in [1.82, 2.24) is 19.1 Å². The molecule has 0 radical (unpaired) electrons. The maximum atomic E-state index is 12.6. The number of hydrogen-bond acceptors (Lipinski definition) is 5. The first-order valence-corrected chi connectivity index (χ1v) is 9.84. The minimum atomic E-state index is -3.45. The van der Waals surface area contributed by atoms with Gasteiger partial charge in [-0.05, 0) is 31.4 Å². The number of rotatable bonds is 4. The van der Waals surface area contributed by atoms with E-state index in [-0.39, 0.29) is 6.04 Å². The van der Waals surface area contributed by atoms with Gasteiger partial charge in [-0.3, -0.25) is 0 Å². The summed E-state index contributed by atoms with van der Waals surface area (Å²) in [5.41, 5.74) is 0. The third-order valence-electron chi connectivity index (χ3n) is 4.21. The van der Waals surface area contributed by atoms with E-state index in [0.29, 0.717) is 27.6 Å². The zero-order valence-electron chi connectivity index (χ0n) is 11.7. The topological polar surface area (TPSA) is 68.1 Å². The molecule has 1 saturated carbocycles. The summed E-state index contributed by atoms with van der Waals surface area (Å²) in [5.74, 6) is 1.51. The van der Waals surface area contributed by atoms with E-state index in [4.69, 9.17) is 11.6 Å². The summed E-state index contributed by atoms with van der Waals surface area (Å²) in [6, 6.07) is 3.32. The van der Waals surface area contributed by atoms with Crippen molar-refractivity contribution in [2.75, 3.05) is 13.1 Å². The van der Waals surface area contributed by atoms with Gasteiger partial charge in [0.05, 0.1) is 10.4 Å². The predicted octanol–water partition coefficient (Wildman–Crippen LogP) is 2.51. The molecule has 9 heteroatoms. The Morgan fingerprint density at radius 3 is 2.77 bits per heavy atom. The van der Waals surface area contributed by atoms with E-state index in [1.165, 1.54) is 4.31 Å². The average molecular weight is 359 g/mol. The molecular formula is C13H15ClN4O2S2. The van der Waals surface area contributed by atoms with Gasteiger partial charge in [-0.2, -0.15) is 4.31 Å². The van der Waals surface area contributed by atoms with Crippen molar-refractivity contribution in [2.45, 2.75) is 35.4 Å². The van der Waals surface area contributed by atoms with E-state index < -0.39 is 10.0 Å². The van der Waals surface area contributed by atoms with E-state index in [2.05, 4.69) is 14.8 Å². The van der Waals surface area contributed by atoms with Crippen molar-refractivity contribution in [3.63, 3.8) is 0 Å². The zero-order valence-corrected chi connectivity index (χ0v) is 14.1. The summed E-state index contributed by atoms with van der Waals surface area (Å²) >= 11 is 6.96. The van der Waals surface area contributed by atoms with Crippen LogP contribution in [0.15, 0.2) is 22.7 Å². The molecule has 0 aromatic carbocycles. The first-order valence-electron chi connectivity index (χ1n) is 7.20. The molecular weight excluding hydrogens is 344 g/mol. The molecule has 0 bridgehead atoms. The number of nitrogens with zero attached hydrogens (tertiary/aromatic N) is 4. The molecule has 4 rings (SSSR count). The Kier molecular flexibility index (Phi) is 3.52. The van der Waals surface area contributed by atoms with Crippen LogP contribution in [0.4, 0.5) is 0 Å². The van der Waals surface area contributed by atoms with Gasteiger partial charge in [0, 0.05) is 19.0 Å². The van der Waals surface area contributed by atoms with Crippen LogP contribution < -0.4 is 0 Å². The molecule has 3 heterocycles.